The van der Waals surface area contributed by atoms with Crippen LogP contribution in [-0.4, -0.2) is 31.9 Å². The van der Waals surface area contributed by atoms with Crippen LogP contribution in [0.3, 0.4) is 0 Å². The number of fused-ring (bicyclic) bond motifs is 3. The predicted octanol–water partition coefficient (Wildman–Crippen LogP) is 4.57. The van der Waals surface area contributed by atoms with E-state index >= 15 is 0 Å². The molecule has 0 N–H and O–H groups in total. The lowest BCUT2D eigenvalue weighted by Crippen LogP contribution is -2.38. The monoisotopic (exact) mass is 407 g/mol. The van der Waals surface area contributed by atoms with Crippen molar-refractivity contribution >= 4 is 11.0 Å². The molecule has 0 atom stereocenters. The topological polar surface area (TPSA) is 61.1 Å². The molecule has 0 saturated heterocycles. The smallest absolute Gasteiger partial charge is 0.344 e. The minimum atomic E-state index is -0.402. The van der Waals surface area contributed by atoms with E-state index in [9.17, 15) is 4.79 Å². The maximum Gasteiger partial charge on any atom is 0.344 e. The predicted molar refractivity (Wildman–Crippen MR) is 114 cm³/mol. The Morgan fingerprint density at radius 2 is 1.83 bits per heavy atom. The molecule has 30 heavy (non-hydrogen) atoms. The molecule has 1 fully saturated rings. The molecule has 1 aliphatic heterocycles. The zero-order valence-electron chi connectivity index (χ0n) is 17.3. The van der Waals surface area contributed by atoms with Crippen LogP contribution in [0.1, 0.15) is 31.2 Å². The van der Waals surface area contributed by atoms with E-state index in [-0.39, 0.29) is 0 Å². The maximum atomic E-state index is 13.0. The van der Waals surface area contributed by atoms with Crippen LogP contribution in [0.25, 0.3) is 22.1 Å². The molecule has 6 heteroatoms. The Bertz CT molecular complexity index is 1150. The number of nitrogens with zero attached hydrogens (tertiary/aromatic N) is 1. The van der Waals surface area contributed by atoms with Crippen LogP contribution in [0.15, 0.2) is 45.6 Å². The average molecular weight is 407 g/mol. The van der Waals surface area contributed by atoms with Crippen molar-refractivity contribution in [3.8, 4) is 28.4 Å². The van der Waals surface area contributed by atoms with E-state index in [2.05, 4.69) is 4.90 Å². The molecule has 2 aromatic carbocycles. The molecular formula is C24H25NO5. The first-order valence-corrected chi connectivity index (χ1v) is 10.4. The van der Waals surface area contributed by atoms with Crippen LogP contribution in [0.4, 0.5) is 0 Å². The zero-order chi connectivity index (χ0) is 20.7. The summed E-state index contributed by atoms with van der Waals surface area (Å²) < 4.78 is 22.7. The third kappa shape index (κ3) is 3.21. The molecule has 1 aliphatic carbocycles. The summed E-state index contributed by atoms with van der Waals surface area (Å²) in [6.45, 7) is 1.33. The van der Waals surface area contributed by atoms with E-state index in [1.807, 2.05) is 18.2 Å². The van der Waals surface area contributed by atoms with E-state index in [1.54, 1.807) is 32.4 Å². The van der Waals surface area contributed by atoms with Crippen LogP contribution in [0.2, 0.25) is 0 Å². The first kappa shape index (κ1) is 19.0. The first-order valence-electron chi connectivity index (χ1n) is 10.4. The molecule has 5 rings (SSSR count). The van der Waals surface area contributed by atoms with Crippen LogP contribution >= 0.6 is 0 Å². The Morgan fingerprint density at radius 3 is 2.60 bits per heavy atom. The van der Waals surface area contributed by atoms with E-state index < -0.39 is 5.63 Å². The van der Waals surface area contributed by atoms with Gasteiger partial charge < -0.3 is 18.6 Å². The van der Waals surface area contributed by atoms with Gasteiger partial charge in [0.05, 0.1) is 25.3 Å². The highest BCUT2D eigenvalue weighted by atomic mass is 16.5. The van der Waals surface area contributed by atoms with E-state index in [0.29, 0.717) is 41.0 Å². The van der Waals surface area contributed by atoms with Crippen molar-refractivity contribution in [3.63, 3.8) is 0 Å². The summed E-state index contributed by atoms with van der Waals surface area (Å²) in [5.41, 5.74) is 2.25. The highest BCUT2D eigenvalue weighted by Gasteiger charge is 2.29. The molecule has 3 aromatic rings. The highest BCUT2D eigenvalue weighted by molar-refractivity contribution is 5.87. The third-order valence-electron chi connectivity index (χ3n) is 6.25. The van der Waals surface area contributed by atoms with Crippen molar-refractivity contribution in [2.45, 2.75) is 38.3 Å². The highest BCUT2D eigenvalue weighted by Crippen LogP contribution is 2.37. The van der Waals surface area contributed by atoms with Crippen molar-refractivity contribution in [3.05, 3.63) is 52.4 Å². The first-order chi connectivity index (χ1) is 14.7. The van der Waals surface area contributed by atoms with Crippen LogP contribution in [0, 0.1) is 0 Å². The number of rotatable bonds is 4. The molecule has 0 amide bonds. The van der Waals surface area contributed by atoms with Gasteiger partial charge in [-0.25, -0.2) is 4.79 Å². The Kier molecular flexibility index (Phi) is 4.87. The van der Waals surface area contributed by atoms with Gasteiger partial charge in [-0.2, -0.15) is 0 Å². The standard InChI is InChI=1S/C24H25NO5/c1-27-17-8-10-21(28-2)18(12-17)19-11-15-7-9-22-20(23(15)30-24(19)26)13-25(14-29-22)16-5-3-4-6-16/h7-12,16H,3-6,13-14H2,1-2H3. The van der Waals surface area contributed by atoms with Gasteiger partial charge >= 0.3 is 5.63 Å². The van der Waals surface area contributed by atoms with Crippen molar-refractivity contribution in [2.24, 2.45) is 0 Å². The van der Waals surface area contributed by atoms with Crippen LogP contribution in [-0.2, 0) is 6.54 Å². The molecule has 156 valence electrons. The molecule has 1 saturated carbocycles. The summed E-state index contributed by atoms with van der Waals surface area (Å²) in [6.07, 6.45) is 4.94. The van der Waals surface area contributed by atoms with Gasteiger partial charge in [-0.3, -0.25) is 4.90 Å². The lowest BCUT2D eigenvalue weighted by molar-refractivity contribution is 0.0581. The maximum absolute atomic E-state index is 13.0. The molecule has 0 unspecified atom stereocenters. The second-order valence-electron chi connectivity index (χ2n) is 7.93. The van der Waals surface area contributed by atoms with E-state index in [1.165, 1.54) is 25.7 Å². The van der Waals surface area contributed by atoms with Crippen molar-refractivity contribution in [1.29, 1.82) is 0 Å². The second-order valence-corrected chi connectivity index (χ2v) is 7.93. The summed E-state index contributed by atoms with van der Waals surface area (Å²) in [5.74, 6) is 2.04. The minimum absolute atomic E-state index is 0.402. The lowest BCUT2D eigenvalue weighted by atomic mass is 10.0. The zero-order valence-corrected chi connectivity index (χ0v) is 17.3. The number of methoxy groups -OCH3 is 2. The Labute approximate surface area is 175 Å². The average Bonchev–Trinajstić information content (AvgIpc) is 3.33. The molecular weight excluding hydrogens is 382 g/mol. The third-order valence-corrected chi connectivity index (χ3v) is 6.25. The van der Waals surface area contributed by atoms with E-state index in [4.69, 9.17) is 18.6 Å². The lowest BCUT2D eigenvalue weighted by Gasteiger charge is -2.33. The van der Waals surface area contributed by atoms with Crippen LogP contribution < -0.4 is 19.8 Å². The SMILES string of the molecule is COc1ccc(OC)c(-c2cc3ccc4c(c3oc2=O)CN(C2CCCC2)CO4)c1. The van der Waals surface area contributed by atoms with Gasteiger partial charge in [-0.1, -0.05) is 12.8 Å². The molecule has 2 heterocycles. The normalized spacial score (nSPS) is 17.0. The fourth-order valence-electron chi connectivity index (χ4n) is 4.63. The summed E-state index contributed by atoms with van der Waals surface area (Å²) in [5, 5.41) is 0.866. The summed E-state index contributed by atoms with van der Waals surface area (Å²) >= 11 is 0. The Balaban J connectivity index is 1.60. The number of ether oxygens (including phenoxy) is 3. The summed E-state index contributed by atoms with van der Waals surface area (Å²) in [7, 11) is 3.18. The largest absolute Gasteiger partial charge is 0.497 e. The van der Waals surface area contributed by atoms with Crippen LogP contribution in [0.5, 0.6) is 17.2 Å². The van der Waals surface area contributed by atoms with Gasteiger partial charge in [0, 0.05) is 23.5 Å². The van der Waals surface area contributed by atoms with Gasteiger partial charge in [0.25, 0.3) is 0 Å². The van der Waals surface area contributed by atoms with E-state index in [0.717, 1.165) is 23.2 Å². The summed E-state index contributed by atoms with van der Waals surface area (Å²) in [4.78, 5) is 15.4. The molecule has 6 nitrogen and oxygen atoms in total. The van der Waals surface area contributed by atoms with Crippen molar-refractivity contribution in [2.75, 3.05) is 21.0 Å². The van der Waals surface area contributed by atoms with Crippen molar-refractivity contribution < 1.29 is 18.6 Å². The Hall–Kier alpha value is -2.99. The minimum Gasteiger partial charge on any atom is -0.497 e. The number of hydrogen-bond acceptors (Lipinski definition) is 6. The molecule has 0 radical (unpaired) electrons. The van der Waals surface area contributed by atoms with Gasteiger partial charge in [0.15, 0.2) is 0 Å². The quantitative estimate of drug-likeness (QED) is 0.591. The van der Waals surface area contributed by atoms with Gasteiger partial charge in [-0.15, -0.1) is 0 Å². The summed E-state index contributed by atoms with van der Waals surface area (Å²) in [6, 6.07) is 11.7. The number of hydrogen-bond donors (Lipinski definition) is 0. The molecule has 1 aromatic heterocycles. The molecule has 2 aliphatic rings. The fourth-order valence-corrected chi connectivity index (χ4v) is 4.63. The fraction of sp³-hybridized carbons (Fsp3) is 0.375. The second kappa shape index (κ2) is 7.69. The van der Waals surface area contributed by atoms with Crippen molar-refractivity contribution in [1.82, 2.24) is 4.90 Å². The molecule has 0 bridgehead atoms. The Morgan fingerprint density at radius 1 is 1.00 bits per heavy atom. The van der Waals surface area contributed by atoms with Gasteiger partial charge in [0.1, 0.15) is 29.6 Å². The molecule has 0 spiro atoms. The van der Waals surface area contributed by atoms with Gasteiger partial charge in [-0.05, 0) is 49.2 Å². The number of benzene rings is 2. The van der Waals surface area contributed by atoms with Gasteiger partial charge in [0.2, 0.25) is 0 Å².